The predicted molar refractivity (Wildman–Crippen MR) is 120 cm³/mol. The number of thiocarbonyl (C=S) groups is 1. The smallest absolute Gasteiger partial charge is 0.250 e. The molecule has 0 radical (unpaired) electrons. The topological polar surface area (TPSA) is 75.7 Å². The summed E-state index contributed by atoms with van der Waals surface area (Å²) >= 11 is 5.35. The normalized spacial score (nSPS) is 16.8. The maximum Gasteiger partial charge on any atom is 0.250 e. The van der Waals surface area contributed by atoms with Crippen molar-refractivity contribution in [3.05, 3.63) is 59.9 Å². The van der Waals surface area contributed by atoms with E-state index in [1.54, 1.807) is 38.6 Å². The van der Waals surface area contributed by atoms with Crippen LogP contribution in [0.15, 0.2) is 48.8 Å². The number of rotatable bonds is 6. The third-order valence-corrected chi connectivity index (χ3v) is 5.08. The highest BCUT2D eigenvalue weighted by atomic mass is 32.1. The van der Waals surface area contributed by atoms with Gasteiger partial charge in [0.15, 0.2) is 16.6 Å². The number of hydrogen-bond donors (Lipinski definition) is 2. The van der Waals surface area contributed by atoms with E-state index in [4.69, 9.17) is 21.7 Å². The van der Waals surface area contributed by atoms with Gasteiger partial charge in [0.1, 0.15) is 0 Å². The molecule has 1 aromatic carbocycles. The van der Waals surface area contributed by atoms with E-state index < -0.39 is 0 Å². The summed E-state index contributed by atoms with van der Waals surface area (Å²) in [5.41, 5.74) is 5.11. The highest BCUT2D eigenvalue weighted by Gasteiger charge is 2.24. The fourth-order valence-corrected chi connectivity index (χ4v) is 3.64. The standard InChI is InChI=1S/C22H26N4O3S/c1-28-19-10-8-16(14-20(19)29-2)9-11-21(27)24-22(30)25-26-13-4-3-7-18(26)17-6-5-12-23-15-17/h5-6,8-12,14-15,18H,3-4,7,13H2,1-2H3,(H2,24,25,27,30). The molecule has 2 N–H and O–H groups in total. The van der Waals surface area contributed by atoms with Gasteiger partial charge in [0, 0.05) is 25.0 Å². The Morgan fingerprint density at radius 1 is 1.23 bits per heavy atom. The molecule has 2 aromatic rings. The molecule has 8 heteroatoms. The van der Waals surface area contributed by atoms with Gasteiger partial charge in [-0.3, -0.25) is 20.5 Å². The number of methoxy groups -OCH3 is 2. The van der Waals surface area contributed by atoms with E-state index in [1.807, 2.05) is 18.3 Å². The first-order valence-corrected chi connectivity index (χ1v) is 10.2. The van der Waals surface area contributed by atoms with Crippen LogP contribution in [0.3, 0.4) is 0 Å². The zero-order valence-corrected chi connectivity index (χ0v) is 17.9. The van der Waals surface area contributed by atoms with Crippen molar-refractivity contribution in [2.24, 2.45) is 0 Å². The van der Waals surface area contributed by atoms with Crippen LogP contribution in [0.2, 0.25) is 0 Å². The maximum atomic E-state index is 12.3. The molecule has 1 saturated heterocycles. The maximum absolute atomic E-state index is 12.3. The van der Waals surface area contributed by atoms with E-state index in [2.05, 4.69) is 26.8 Å². The molecule has 1 unspecified atom stereocenters. The number of carbonyl (C=O) groups is 1. The first kappa shape index (κ1) is 21.7. The highest BCUT2D eigenvalue weighted by molar-refractivity contribution is 7.80. The van der Waals surface area contributed by atoms with Gasteiger partial charge in [0.25, 0.3) is 0 Å². The summed E-state index contributed by atoms with van der Waals surface area (Å²) < 4.78 is 10.5. The van der Waals surface area contributed by atoms with Gasteiger partial charge in [-0.2, -0.15) is 0 Å². The highest BCUT2D eigenvalue weighted by Crippen LogP contribution is 2.29. The number of hydrazine groups is 1. The molecule has 1 fully saturated rings. The molecular weight excluding hydrogens is 400 g/mol. The molecule has 1 aliphatic heterocycles. The molecular formula is C22H26N4O3S. The summed E-state index contributed by atoms with van der Waals surface area (Å²) in [6.07, 6.45) is 9.99. The van der Waals surface area contributed by atoms with Gasteiger partial charge in [-0.1, -0.05) is 18.6 Å². The number of nitrogens with one attached hydrogen (secondary N) is 2. The minimum absolute atomic E-state index is 0.171. The van der Waals surface area contributed by atoms with Crippen LogP contribution in [0.5, 0.6) is 11.5 Å². The number of pyridine rings is 1. The number of hydrogen-bond acceptors (Lipinski definition) is 6. The van der Waals surface area contributed by atoms with Crippen molar-refractivity contribution < 1.29 is 14.3 Å². The van der Waals surface area contributed by atoms with Crippen LogP contribution < -0.4 is 20.2 Å². The molecule has 30 heavy (non-hydrogen) atoms. The molecule has 1 amide bonds. The number of nitrogens with zero attached hydrogens (tertiary/aromatic N) is 2. The van der Waals surface area contributed by atoms with Gasteiger partial charge >= 0.3 is 0 Å². The summed E-state index contributed by atoms with van der Waals surface area (Å²) in [6, 6.07) is 9.59. The van der Waals surface area contributed by atoms with Gasteiger partial charge in [0.2, 0.25) is 5.91 Å². The van der Waals surface area contributed by atoms with Crippen LogP contribution >= 0.6 is 12.2 Å². The quantitative estimate of drug-likeness (QED) is 0.542. The van der Waals surface area contributed by atoms with E-state index in [1.165, 1.54) is 6.08 Å². The second-order valence-corrected chi connectivity index (χ2v) is 7.28. The summed E-state index contributed by atoms with van der Waals surface area (Å²) in [7, 11) is 3.15. The first-order valence-electron chi connectivity index (χ1n) is 9.79. The van der Waals surface area contributed by atoms with Crippen molar-refractivity contribution in [3.8, 4) is 11.5 Å². The Kier molecular flexibility index (Phi) is 7.75. The van der Waals surface area contributed by atoms with E-state index in [0.717, 1.165) is 36.9 Å². The Morgan fingerprint density at radius 2 is 2.07 bits per heavy atom. The Hall–Kier alpha value is -2.97. The lowest BCUT2D eigenvalue weighted by Crippen LogP contribution is -2.51. The minimum atomic E-state index is -0.308. The Labute approximate surface area is 182 Å². The zero-order valence-electron chi connectivity index (χ0n) is 17.1. The summed E-state index contributed by atoms with van der Waals surface area (Å²) in [5.74, 6) is 0.926. The fraction of sp³-hybridized carbons (Fsp3) is 0.318. The van der Waals surface area contributed by atoms with E-state index in [-0.39, 0.29) is 17.1 Å². The molecule has 0 aliphatic carbocycles. The molecule has 2 heterocycles. The number of amides is 1. The lowest BCUT2D eigenvalue weighted by atomic mass is 9.98. The molecule has 1 atom stereocenters. The second kappa shape index (κ2) is 10.7. The summed E-state index contributed by atoms with van der Waals surface area (Å²) in [6.45, 7) is 0.844. The SMILES string of the molecule is COc1ccc(C=CC(=O)NC(=S)NN2CCCCC2c2cccnc2)cc1OC. The van der Waals surface area contributed by atoms with Crippen molar-refractivity contribution in [2.75, 3.05) is 20.8 Å². The second-order valence-electron chi connectivity index (χ2n) is 6.87. The van der Waals surface area contributed by atoms with Crippen molar-refractivity contribution >= 4 is 29.3 Å². The van der Waals surface area contributed by atoms with Crippen LogP contribution in [0, 0.1) is 0 Å². The average molecular weight is 427 g/mol. The molecule has 0 bridgehead atoms. The van der Waals surface area contributed by atoms with Gasteiger partial charge in [-0.25, -0.2) is 5.01 Å². The van der Waals surface area contributed by atoms with E-state index >= 15 is 0 Å². The van der Waals surface area contributed by atoms with Crippen LogP contribution in [0.25, 0.3) is 6.08 Å². The molecule has 158 valence electrons. The molecule has 7 nitrogen and oxygen atoms in total. The summed E-state index contributed by atoms with van der Waals surface area (Å²) in [4.78, 5) is 16.5. The number of ether oxygens (including phenoxy) is 2. The third kappa shape index (κ3) is 5.77. The Bertz CT molecular complexity index is 905. The van der Waals surface area contributed by atoms with Gasteiger partial charge in [-0.05, 0) is 60.5 Å². The number of piperidine rings is 1. The third-order valence-electron chi connectivity index (χ3n) is 4.89. The predicted octanol–water partition coefficient (Wildman–Crippen LogP) is 3.24. The van der Waals surface area contributed by atoms with Gasteiger partial charge < -0.3 is 9.47 Å². The molecule has 3 rings (SSSR count). The van der Waals surface area contributed by atoms with Crippen LogP contribution in [0.1, 0.15) is 36.4 Å². The largest absolute Gasteiger partial charge is 0.493 e. The van der Waals surface area contributed by atoms with Gasteiger partial charge in [0.05, 0.1) is 20.3 Å². The number of benzene rings is 1. The lowest BCUT2D eigenvalue weighted by molar-refractivity contribution is -0.115. The van der Waals surface area contributed by atoms with Crippen LogP contribution in [-0.2, 0) is 4.79 Å². The Balaban J connectivity index is 1.57. The monoisotopic (exact) mass is 426 g/mol. The van der Waals surface area contributed by atoms with Crippen molar-refractivity contribution in [1.29, 1.82) is 0 Å². The van der Waals surface area contributed by atoms with Crippen molar-refractivity contribution in [1.82, 2.24) is 20.7 Å². The molecule has 1 aliphatic rings. The minimum Gasteiger partial charge on any atom is -0.493 e. The Morgan fingerprint density at radius 3 is 2.80 bits per heavy atom. The summed E-state index contributed by atoms with van der Waals surface area (Å²) in [5, 5.41) is 5.04. The molecule has 1 aromatic heterocycles. The van der Waals surface area contributed by atoms with Crippen LogP contribution in [-0.4, -0.2) is 41.8 Å². The zero-order chi connectivity index (χ0) is 21.3. The molecule has 0 spiro atoms. The van der Waals surface area contributed by atoms with Crippen molar-refractivity contribution in [2.45, 2.75) is 25.3 Å². The lowest BCUT2D eigenvalue weighted by Gasteiger charge is -2.36. The van der Waals surface area contributed by atoms with Crippen molar-refractivity contribution in [3.63, 3.8) is 0 Å². The first-order chi connectivity index (χ1) is 14.6. The van der Waals surface area contributed by atoms with E-state index in [9.17, 15) is 4.79 Å². The fourth-order valence-electron chi connectivity index (χ4n) is 3.43. The van der Waals surface area contributed by atoms with E-state index in [0.29, 0.717) is 11.5 Å². The molecule has 0 saturated carbocycles. The average Bonchev–Trinajstić information content (AvgIpc) is 2.78. The van der Waals surface area contributed by atoms with Crippen LogP contribution in [0.4, 0.5) is 0 Å². The number of carbonyl (C=O) groups excluding carboxylic acids is 1. The number of aromatic nitrogens is 1. The van der Waals surface area contributed by atoms with Gasteiger partial charge in [-0.15, -0.1) is 0 Å².